The maximum atomic E-state index is 12.7. The van der Waals surface area contributed by atoms with Crippen LogP contribution in [0.5, 0.6) is 0 Å². The van der Waals surface area contributed by atoms with Crippen LogP contribution in [0.3, 0.4) is 0 Å². The summed E-state index contributed by atoms with van der Waals surface area (Å²) in [6.07, 6.45) is 6.00. The van der Waals surface area contributed by atoms with Crippen LogP contribution in [-0.2, 0) is 21.4 Å². The van der Waals surface area contributed by atoms with Crippen LogP contribution in [0.4, 0.5) is 5.69 Å². The summed E-state index contributed by atoms with van der Waals surface area (Å²) in [6, 6.07) is 5.95. The monoisotopic (exact) mass is 412 g/mol. The number of amides is 1. The van der Waals surface area contributed by atoms with E-state index in [-0.39, 0.29) is 16.4 Å². The Morgan fingerprint density at radius 3 is 2.79 bits per heavy atom. The molecule has 8 nitrogen and oxygen atoms in total. The van der Waals surface area contributed by atoms with Crippen molar-refractivity contribution in [1.82, 2.24) is 10.3 Å². The standard InChI is InChI=1S/C20H20N4O4S/c21-29(27,28)17-7-2-1-4-13(17)24-18(26)10-12-8-9-22-11-15-19(12)20-14(23-15)5-3-6-16(20)25/h1-5,7,10,22-23H,6,8-9,11H2,(H,24,26)(H2,21,27,28). The highest BCUT2D eigenvalue weighted by Crippen LogP contribution is 2.34. The van der Waals surface area contributed by atoms with Crippen LogP contribution in [0.25, 0.3) is 11.6 Å². The van der Waals surface area contributed by atoms with Crippen LogP contribution in [0, 0.1) is 0 Å². The van der Waals surface area contributed by atoms with Crippen molar-refractivity contribution in [2.75, 3.05) is 11.9 Å². The molecule has 29 heavy (non-hydrogen) atoms. The summed E-state index contributed by atoms with van der Waals surface area (Å²) in [5.41, 5.74) is 3.80. The zero-order valence-corrected chi connectivity index (χ0v) is 16.3. The maximum absolute atomic E-state index is 12.7. The number of ketones is 1. The van der Waals surface area contributed by atoms with Gasteiger partial charge in [0.25, 0.3) is 0 Å². The fraction of sp³-hybridized carbons (Fsp3) is 0.200. The molecule has 150 valence electrons. The van der Waals surface area contributed by atoms with E-state index in [2.05, 4.69) is 15.6 Å². The number of aromatic nitrogens is 1. The Morgan fingerprint density at radius 2 is 2.00 bits per heavy atom. The Bertz CT molecular complexity index is 1180. The number of carbonyl (C=O) groups excluding carboxylic acids is 2. The third-order valence-corrected chi connectivity index (χ3v) is 5.89. The summed E-state index contributed by atoms with van der Waals surface area (Å²) in [5, 5.41) is 11.1. The van der Waals surface area contributed by atoms with E-state index in [0.29, 0.717) is 31.5 Å². The number of para-hydroxylation sites is 1. The van der Waals surface area contributed by atoms with Crippen LogP contribution in [0.15, 0.2) is 41.3 Å². The maximum Gasteiger partial charge on any atom is 0.248 e. The van der Waals surface area contributed by atoms with Gasteiger partial charge in [0, 0.05) is 36.0 Å². The SMILES string of the molecule is NS(=O)(=O)c1ccccc1NC(=O)C=C1CCNCc2[nH]c3c(c21)C(=O)CC=C3. The van der Waals surface area contributed by atoms with Gasteiger partial charge < -0.3 is 15.6 Å². The number of fused-ring (bicyclic) bond motifs is 3. The highest BCUT2D eigenvalue weighted by atomic mass is 32.2. The van der Waals surface area contributed by atoms with Gasteiger partial charge in [-0.2, -0.15) is 0 Å². The van der Waals surface area contributed by atoms with E-state index < -0.39 is 15.9 Å². The molecule has 1 aliphatic carbocycles. The molecular formula is C20H20N4O4S. The molecule has 0 saturated carbocycles. The van der Waals surface area contributed by atoms with Gasteiger partial charge in [-0.15, -0.1) is 0 Å². The molecular weight excluding hydrogens is 392 g/mol. The Morgan fingerprint density at radius 1 is 1.21 bits per heavy atom. The van der Waals surface area contributed by atoms with Crippen molar-refractivity contribution in [2.24, 2.45) is 5.14 Å². The lowest BCUT2D eigenvalue weighted by Gasteiger charge is -2.11. The fourth-order valence-corrected chi connectivity index (χ4v) is 4.41. The molecule has 4 rings (SSSR count). The van der Waals surface area contributed by atoms with Crippen molar-refractivity contribution in [3.63, 3.8) is 0 Å². The number of carbonyl (C=O) groups is 2. The number of sulfonamides is 1. The number of aromatic amines is 1. The molecule has 1 amide bonds. The van der Waals surface area contributed by atoms with Crippen molar-refractivity contribution < 1.29 is 18.0 Å². The molecule has 0 spiro atoms. The zero-order valence-electron chi connectivity index (χ0n) is 15.5. The third kappa shape index (κ3) is 3.80. The van der Waals surface area contributed by atoms with Gasteiger partial charge in [-0.3, -0.25) is 9.59 Å². The number of anilines is 1. The van der Waals surface area contributed by atoms with Gasteiger partial charge in [0.2, 0.25) is 15.9 Å². The molecule has 2 aliphatic rings. The van der Waals surface area contributed by atoms with E-state index in [9.17, 15) is 18.0 Å². The van der Waals surface area contributed by atoms with E-state index in [1.54, 1.807) is 6.07 Å². The van der Waals surface area contributed by atoms with Crippen LogP contribution in [0.1, 0.15) is 40.2 Å². The normalized spacial score (nSPS) is 17.6. The van der Waals surface area contributed by atoms with Crippen molar-refractivity contribution in [3.8, 4) is 0 Å². The molecule has 0 unspecified atom stereocenters. The molecule has 0 fully saturated rings. The Hall–Kier alpha value is -3.01. The molecule has 5 N–H and O–H groups in total. The molecule has 0 atom stereocenters. The van der Waals surface area contributed by atoms with Crippen molar-refractivity contribution in [3.05, 3.63) is 58.9 Å². The minimum Gasteiger partial charge on any atom is -0.357 e. The first kappa shape index (κ1) is 19.3. The summed E-state index contributed by atoms with van der Waals surface area (Å²) < 4.78 is 23.5. The number of hydrogen-bond acceptors (Lipinski definition) is 5. The summed E-state index contributed by atoms with van der Waals surface area (Å²) in [7, 11) is -3.98. The fourth-order valence-electron chi connectivity index (χ4n) is 3.71. The van der Waals surface area contributed by atoms with Gasteiger partial charge >= 0.3 is 0 Å². The molecule has 1 aliphatic heterocycles. The van der Waals surface area contributed by atoms with Gasteiger partial charge in [0.15, 0.2) is 5.78 Å². The number of benzene rings is 1. The van der Waals surface area contributed by atoms with Crippen LogP contribution in [-0.4, -0.2) is 31.6 Å². The van der Waals surface area contributed by atoms with Gasteiger partial charge in [-0.1, -0.05) is 18.2 Å². The second kappa shape index (κ2) is 7.43. The van der Waals surface area contributed by atoms with E-state index in [1.165, 1.54) is 24.3 Å². The first-order chi connectivity index (χ1) is 13.8. The van der Waals surface area contributed by atoms with Gasteiger partial charge in [-0.25, -0.2) is 13.6 Å². The van der Waals surface area contributed by atoms with Crippen LogP contribution < -0.4 is 15.8 Å². The van der Waals surface area contributed by atoms with Gasteiger partial charge in [-0.05, 0) is 36.7 Å². The minimum atomic E-state index is -3.98. The predicted molar refractivity (Wildman–Crippen MR) is 110 cm³/mol. The van der Waals surface area contributed by atoms with E-state index in [1.807, 2.05) is 12.2 Å². The highest BCUT2D eigenvalue weighted by Gasteiger charge is 2.27. The molecule has 2 heterocycles. The van der Waals surface area contributed by atoms with Gasteiger partial charge in [0.05, 0.1) is 11.3 Å². The summed E-state index contributed by atoms with van der Waals surface area (Å²) in [5.74, 6) is -0.481. The van der Waals surface area contributed by atoms with E-state index in [4.69, 9.17) is 5.14 Å². The summed E-state index contributed by atoms with van der Waals surface area (Å²) in [4.78, 5) is 28.3. The number of nitrogens with two attached hydrogens (primary N) is 1. The van der Waals surface area contributed by atoms with Crippen LogP contribution >= 0.6 is 0 Å². The lowest BCUT2D eigenvalue weighted by molar-refractivity contribution is -0.111. The molecule has 9 heteroatoms. The molecule has 0 bridgehead atoms. The average Bonchev–Trinajstić information content (AvgIpc) is 2.93. The largest absolute Gasteiger partial charge is 0.357 e. The highest BCUT2D eigenvalue weighted by molar-refractivity contribution is 7.89. The molecule has 1 aromatic carbocycles. The molecule has 0 radical (unpaired) electrons. The Balaban J connectivity index is 1.72. The first-order valence-corrected chi connectivity index (χ1v) is 10.7. The lowest BCUT2D eigenvalue weighted by atomic mass is 9.92. The second-order valence-corrected chi connectivity index (χ2v) is 8.45. The molecule has 1 aromatic heterocycles. The summed E-state index contributed by atoms with van der Waals surface area (Å²) >= 11 is 0. The number of primary sulfonamides is 1. The number of H-pyrrole nitrogens is 1. The number of rotatable bonds is 3. The zero-order chi connectivity index (χ0) is 20.6. The topological polar surface area (TPSA) is 134 Å². The minimum absolute atomic E-state index is 0.00720. The lowest BCUT2D eigenvalue weighted by Crippen LogP contribution is -2.17. The number of hydrogen-bond donors (Lipinski definition) is 4. The van der Waals surface area contributed by atoms with Crippen LogP contribution in [0.2, 0.25) is 0 Å². The summed E-state index contributed by atoms with van der Waals surface area (Å²) in [6.45, 7) is 1.21. The second-order valence-electron chi connectivity index (χ2n) is 6.92. The number of Topliss-reactive ketones (excluding diaryl/α,β-unsaturated/α-hetero) is 1. The Kier molecular flexibility index (Phi) is 4.95. The van der Waals surface area contributed by atoms with E-state index >= 15 is 0 Å². The van der Waals surface area contributed by atoms with Crippen molar-refractivity contribution in [1.29, 1.82) is 0 Å². The Labute approximate surface area is 167 Å². The molecule has 2 aromatic rings. The van der Waals surface area contributed by atoms with Crippen molar-refractivity contribution >= 4 is 39.1 Å². The van der Waals surface area contributed by atoms with Gasteiger partial charge in [0.1, 0.15) is 4.90 Å². The van der Waals surface area contributed by atoms with E-state index in [0.717, 1.165) is 22.5 Å². The first-order valence-electron chi connectivity index (χ1n) is 9.13. The predicted octanol–water partition coefficient (Wildman–Crippen LogP) is 1.78. The average molecular weight is 412 g/mol. The quantitative estimate of drug-likeness (QED) is 0.570. The molecule has 0 saturated heterocycles. The van der Waals surface area contributed by atoms with Crippen molar-refractivity contribution in [2.45, 2.75) is 24.3 Å². The smallest absolute Gasteiger partial charge is 0.248 e. The number of nitrogens with one attached hydrogen (secondary N) is 3. The number of allylic oxidation sites excluding steroid dienone is 1. The third-order valence-electron chi connectivity index (χ3n) is 4.92.